The standard InChI is InChI=1S/C20H17Cl2N5/c1-2-9-27-18-15(21)6-3-7-17(18)26-20(27)13-10-16(22)19(24-11-13)25-14-5-4-8-23-12-14/h3-8,10-12H,2,9H2,1H3,(H,24,25). The van der Waals surface area contributed by atoms with Gasteiger partial charge in [0.05, 0.1) is 33.0 Å². The van der Waals surface area contributed by atoms with E-state index < -0.39 is 0 Å². The van der Waals surface area contributed by atoms with Crippen LogP contribution in [0.15, 0.2) is 55.0 Å². The van der Waals surface area contributed by atoms with Crippen LogP contribution in [0.5, 0.6) is 0 Å². The minimum Gasteiger partial charge on any atom is -0.338 e. The highest BCUT2D eigenvalue weighted by Gasteiger charge is 2.16. The molecule has 0 aliphatic rings. The van der Waals surface area contributed by atoms with Crippen LogP contribution in [-0.2, 0) is 6.54 Å². The molecule has 0 fully saturated rings. The molecule has 3 aromatic heterocycles. The van der Waals surface area contributed by atoms with E-state index in [1.807, 2.05) is 36.4 Å². The maximum atomic E-state index is 6.48. The van der Waals surface area contributed by atoms with Gasteiger partial charge in [-0.3, -0.25) is 4.98 Å². The highest BCUT2D eigenvalue weighted by Crippen LogP contribution is 2.32. The summed E-state index contributed by atoms with van der Waals surface area (Å²) < 4.78 is 2.12. The van der Waals surface area contributed by atoms with Gasteiger partial charge in [-0.2, -0.15) is 0 Å². The first-order valence-electron chi connectivity index (χ1n) is 8.65. The first-order valence-corrected chi connectivity index (χ1v) is 9.40. The summed E-state index contributed by atoms with van der Waals surface area (Å²) in [7, 11) is 0. The summed E-state index contributed by atoms with van der Waals surface area (Å²) in [6.07, 6.45) is 6.17. The van der Waals surface area contributed by atoms with E-state index in [-0.39, 0.29) is 0 Å². The number of pyridine rings is 2. The highest BCUT2D eigenvalue weighted by atomic mass is 35.5. The fourth-order valence-electron chi connectivity index (χ4n) is 3.03. The number of nitrogens with zero attached hydrogens (tertiary/aromatic N) is 4. The molecule has 0 saturated heterocycles. The fraction of sp³-hybridized carbons (Fsp3) is 0.150. The van der Waals surface area contributed by atoms with Crippen molar-refractivity contribution in [3.8, 4) is 11.4 Å². The lowest BCUT2D eigenvalue weighted by atomic mass is 10.2. The van der Waals surface area contributed by atoms with E-state index in [4.69, 9.17) is 28.2 Å². The summed E-state index contributed by atoms with van der Waals surface area (Å²) >= 11 is 12.9. The van der Waals surface area contributed by atoms with Gasteiger partial charge in [-0.15, -0.1) is 0 Å². The summed E-state index contributed by atoms with van der Waals surface area (Å²) in [5.41, 5.74) is 3.46. The third kappa shape index (κ3) is 3.48. The van der Waals surface area contributed by atoms with Gasteiger partial charge in [0.15, 0.2) is 0 Å². The summed E-state index contributed by atoms with van der Waals surface area (Å²) in [4.78, 5) is 13.3. The summed E-state index contributed by atoms with van der Waals surface area (Å²) in [5, 5.41) is 4.37. The van der Waals surface area contributed by atoms with Crippen molar-refractivity contribution in [3.63, 3.8) is 0 Å². The number of aromatic nitrogens is 4. The van der Waals surface area contributed by atoms with Crippen molar-refractivity contribution in [1.82, 2.24) is 19.5 Å². The van der Waals surface area contributed by atoms with Crippen molar-refractivity contribution in [2.45, 2.75) is 19.9 Å². The van der Waals surface area contributed by atoms with Crippen LogP contribution in [0.25, 0.3) is 22.4 Å². The monoisotopic (exact) mass is 397 g/mol. The molecule has 0 unspecified atom stereocenters. The zero-order chi connectivity index (χ0) is 18.8. The van der Waals surface area contributed by atoms with Gasteiger partial charge in [0.25, 0.3) is 0 Å². The van der Waals surface area contributed by atoms with Gasteiger partial charge in [-0.25, -0.2) is 9.97 Å². The molecule has 7 heteroatoms. The predicted octanol–water partition coefficient (Wildman–Crippen LogP) is 5.95. The van der Waals surface area contributed by atoms with Crippen molar-refractivity contribution in [3.05, 3.63) is 65.0 Å². The Hall–Kier alpha value is -2.63. The number of aryl methyl sites for hydroxylation is 1. The van der Waals surface area contributed by atoms with Gasteiger partial charge in [-0.1, -0.05) is 36.2 Å². The summed E-state index contributed by atoms with van der Waals surface area (Å²) in [5.74, 6) is 1.38. The third-order valence-electron chi connectivity index (χ3n) is 4.19. The van der Waals surface area contributed by atoms with Gasteiger partial charge < -0.3 is 9.88 Å². The highest BCUT2D eigenvalue weighted by molar-refractivity contribution is 6.35. The van der Waals surface area contributed by atoms with Crippen LogP contribution in [0.4, 0.5) is 11.5 Å². The number of para-hydroxylation sites is 1. The molecule has 136 valence electrons. The molecule has 0 aliphatic carbocycles. The molecule has 0 atom stereocenters. The van der Waals surface area contributed by atoms with Gasteiger partial charge in [0, 0.05) is 24.5 Å². The Labute approximate surface area is 167 Å². The second-order valence-corrected chi connectivity index (χ2v) is 6.93. The smallest absolute Gasteiger partial charge is 0.149 e. The number of rotatable bonds is 5. The van der Waals surface area contributed by atoms with Crippen molar-refractivity contribution in [1.29, 1.82) is 0 Å². The molecule has 4 aromatic rings. The molecule has 1 aromatic carbocycles. The number of nitrogens with one attached hydrogen (secondary N) is 1. The lowest BCUT2D eigenvalue weighted by Gasteiger charge is -2.11. The van der Waals surface area contributed by atoms with Crippen molar-refractivity contribution < 1.29 is 0 Å². The van der Waals surface area contributed by atoms with Crippen molar-refractivity contribution >= 4 is 45.7 Å². The van der Waals surface area contributed by atoms with Crippen LogP contribution in [-0.4, -0.2) is 19.5 Å². The minimum atomic E-state index is 0.512. The maximum absolute atomic E-state index is 6.48. The molecule has 1 N–H and O–H groups in total. The Bertz CT molecular complexity index is 1090. The molecule has 0 bridgehead atoms. The Morgan fingerprint density at radius 3 is 2.70 bits per heavy atom. The largest absolute Gasteiger partial charge is 0.338 e. The van der Waals surface area contributed by atoms with Crippen LogP contribution in [0.1, 0.15) is 13.3 Å². The van der Waals surface area contributed by atoms with E-state index in [1.54, 1.807) is 18.6 Å². The lowest BCUT2D eigenvalue weighted by Crippen LogP contribution is -2.01. The Balaban J connectivity index is 1.76. The summed E-state index contributed by atoms with van der Waals surface area (Å²) in [6, 6.07) is 11.4. The fourth-order valence-corrected chi connectivity index (χ4v) is 3.51. The van der Waals surface area contributed by atoms with E-state index in [2.05, 4.69) is 26.8 Å². The average molecular weight is 398 g/mol. The van der Waals surface area contributed by atoms with Crippen LogP contribution >= 0.6 is 23.2 Å². The second-order valence-electron chi connectivity index (χ2n) is 6.12. The number of hydrogen-bond acceptors (Lipinski definition) is 4. The quantitative estimate of drug-likeness (QED) is 0.451. The zero-order valence-corrected chi connectivity index (χ0v) is 16.2. The van der Waals surface area contributed by atoms with Crippen LogP contribution in [0.3, 0.4) is 0 Å². The average Bonchev–Trinajstić information content (AvgIpc) is 3.04. The number of imidazole rings is 1. The number of benzene rings is 1. The molecule has 0 saturated carbocycles. The summed E-state index contributed by atoms with van der Waals surface area (Å²) in [6.45, 7) is 2.93. The van der Waals surface area contributed by atoms with Gasteiger partial charge in [0.1, 0.15) is 11.6 Å². The van der Waals surface area contributed by atoms with Crippen molar-refractivity contribution in [2.75, 3.05) is 5.32 Å². The Morgan fingerprint density at radius 1 is 1.07 bits per heavy atom. The minimum absolute atomic E-state index is 0.512. The molecule has 4 rings (SSSR count). The maximum Gasteiger partial charge on any atom is 0.149 e. The molecule has 5 nitrogen and oxygen atoms in total. The van der Waals surface area contributed by atoms with Gasteiger partial charge in [-0.05, 0) is 36.8 Å². The SMILES string of the molecule is CCCn1c(-c2cnc(Nc3cccnc3)c(Cl)c2)nc2cccc(Cl)c21. The van der Waals surface area contributed by atoms with E-state index in [0.29, 0.717) is 15.9 Å². The van der Waals surface area contributed by atoms with Crippen molar-refractivity contribution in [2.24, 2.45) is 0 Å². The number of anilines is 2. The number of fused-ring (bicyclic) bond motifs is 1. The first-order chi connectivity index (χ1) is 13.2. The topological polar surface area (TPSA) is 55.6 Å². The Kier molecular flexibility index (Phi) is 4.97. The molecule has 0 amide bonds. The molecule has 0 spiro atoms. The first kappa shape index (κ1) is 17.8. The molecule has 27 heavy (non-hydrogen) atoms. The lowest BCUT2D eigenvalue weighted by molar-refractivity contribution is 0.704. The van der Waals surface area contributed by atoms with Crippen LogP contribution < -0.4 is 5.32 Å². The van der Waals surface area contributed by atoms with Crippen LogP contribution in [0.2, 0.25) is 10.0 Å². The second kappa shape index (κ2) is 7.55. The van der Waals surface area contributed by atoms with E-state index in [0.717, 1.165) is 41.1 Å². The number of halogens is 2. The molecule has 3 heterocycles. The number of hydrogen-bond donors (Lipinski definition) is 1. The molecular weight excluding hydrogens is 381 g/mol. The van der Waals surface area contributed by atoms with E-state index >= 15 is 0 Å². The third-order valence-corrected chi connectivity index (χ3v) is 4.78. The molecule has 0 radical (unpaired) electrons. The van der Waals surface area contributed by atoms with Crippen LogP contribution in [0, 0.1) is 0 Å². The van der Waals surface area contributed by atoms with E-state index in [1.165, 1.54) is 0 Å². The molecular formula is C20H17Cl2N5. The van der Waals surface area contributed by atoms with E-state index in [9.17, 15) is 0 Å². The zero-order valence-electron chi connectivity index (χ0n) is 14.7. The van der Waals surface area contributed by atoms with Gasteiger partial charge in [0.2, 0.25) is 0 Å². The Morgan fingerprint density at radius 2 is 1.96 bits per heavy atom. The normalized spacial score (nSPS) is 11.1. The predicted molar refractivity (Wildman–Crippen MR) is 111 cm³/mol. The molecule has 0 aliphatic heterocycles. The van der Waals surface area contributed by atoms with Gasteiger partial charge >= 0.3 is 0 Å².